The molecule has 1 heterocycles. The third-order valence-corrected chi connectivity index (χ3v) is 4.98. The van der Waals surface area contributed by atoms with Crippen LogP contribution in [0.4, 0.5) is 5.69 Å². The van der Waals surface area contributed by atoms with Crippen LogP contribution >= 0.6 is 23.1 Å². The van der Waals surface area contributed by atoms with Gasteiger partial charge in [-0.25, -0.2) is 5.43 Å². The first-order valence-electron chi connectivity index (χ1n) is 6.35. The van der Waals surface area contributed by atoms with E-state index in [0.717, 1.165) is 9.77 Å². The van der Waals surface area contributed by atoms with E-state index >= 15 is 0 Å². The number of hydrazone groups is 1. The van der Waals surface area contributed by atoms with Crippen molar-refractivity contribution >= 4 is 40.9 Å². The van der Waals surface area contributed by atoms with Crippen LogP contribution in [0.25, 0.3) is 0 Å². The van der Waals surface area contributed by atoms with Gasteiger partial charge in [-0.3, -0.25) is 14.9 Å². The van der Waals surface area contributed by atoms with Crippen molar-refractivity contribution in [3.05, 3.63) is 51.6 Å². The molecule has 0 radical (unpaired) electrons. The summed E-state index contributed by atoms with van der Waals surface area (Å²) in [5, 5.41) is 15.4. The molecule has 0 fully saturated rings. The molecule has 120 valence electrons. The predicted octanol–water partition coefficient (Wildman–Crippen LogP) is 3.15. The number of thioether (sulfide) groups is 1. The first kappa shape index (κ1) is 17.0. The first-order chi connectivity index (χ1) is 11.1. The number of carbonyl (C=O) groups excluding carboxylic acids is 1. The summed E-state index contributed by atoms with van der Waals surface area (Å²) in [6, 6.07) is 7.58. The number of methoxy groups -OCH3 is 1. The Balaban J connectivity index is 2.13. The molecule has 7 nitrogen and oxygen atoms in total. The Hall–Kier alpha value is -2.39. The quantitative estimate of drug-likeness (QED) is 0.373. The molecule has 2 aromatic rings. The number of nitrogens with zero attached hydrogens (tertiary/aromatic N) is 2. The molecule has 9 heteroatoms. The molecular formula is C14H13N3O4S2. The van der Waals surface area contributed by atoms with Gasteiger partial charge in [0.05, 0.1) is 22.5 Å². The number of hydrogen-bond acceptors (Lipinski definition) is 7. The van der Waals surface area contributed by atoms with E-state index in [9.17, 15) is 14.9 Å². The number of rotatable bonds is 6. The van der Waals surface area contributed by atoms with Crippen molar-refractivity contribution in [2.24, 2.45) is 5.10 Å². The van der Waals surface area contributed by atoms with E-state index in [-0.39, 0.29) is 11.3 Å². The molecule has 1 aromatic carbocycles. The smallest absolute Gasteiger partial charge is 0.282 e. The number of nitro groups is 1. The van der Waals surface area contributed by atoms with E-state index in [1.165, 1.54) is 35.8 Å². The third kappa shape index (κ3) is 4.08. The van der Waals surface area contributed by atoms with E-state index in [4.69, 9.17) is 4.74 Å². The van der Waals surface area contributed by atoms with Crippen LogP contribution in [-0.2, 0) is 0 Å². The Labute approximate surface area is 140 Å². The SMILES string of the molecule is COc1sc(SC)cc1/C=N\NC(=O)c1ccccc1[N+](=O)[O-]. The van der Waals surface area contributed by atoms with Crippen LogP contribution in [0.5, 0.6) is 5.06 Å². The number of benzene rings is 1. The lowest BCUT2D eigenvalue weighted by atomic mass is 10.2. The molecule has 0 atom stereocenters. The van der Waals surface area contributed by atoms with Crippen LogP contribution in [0.3, 0.4) is 0 Å². The highest BCUT2D eigenvalue weighted by Gasteiger charge is 2.18. The number of nitro benzene ring substituents is 1. The maximum atomic E-state index is 12.0. The lowest BCUT2D eigenvalue weighted by Gasteiger charge is -2.01. The summed E-state index contributed by atoms with van der Waals surface area (Å²) in [6.07, 6.45) is 3.39. The number of hydrogen-bond donors (Lipinski definition) is 1. The zero-order valence-electron chi connectivity index (χ0n) is 12.3. The van der Waals surface area contributed by atoms with Crippen molar-refractivity contribution < 1.29 is 14.5 Å². The number of ether oxygens (including phenoxy) is 1. The number of nitrogens with one attached hydrogen (secondary N) is 1. The second-order valence-electron chi connectivity index (χ2n) is 4.19. The van der Waals surface area contributed by atoms with Crippen LogP contribution in [0.2, 0.25) is 0 Å². The van der Waals surface area contributed by atoms with Gasteiger partial charge in [0.2, 0.25) is 0 Å². The Morgan fingerprint density at radius 1 is 1.48 bits per heavy atom. The molecule has 0 saturated heterocycles. The molecule has 1 N–H and O–H groups in total. The fraction of sp³-hybridized carbons (Fsp3) is 0.143. The third-order valence-electron chi connectivity index (χ3n) is 2.80. The van der Waals surface area contributed by atoms with Gasteiger partial charge in [-0.2, -0.15) is 5.10 Å². The summed E-state index contributed by atoms with van der Waals surface area (Å²) in [4.78, 5) is 22.3. The summed E-state index contributed by atoms with van der Waals surface area (Å²) in [7, 11) is 1.55. The maximum absolute atomic E-state index is 12.0. The monoisotopic (exact) mass is 351 g/mol. The predicted molar refractivity (Wildman–Crippen MR) is 90.8 cm³/mol. The minimum atomic E-state index is -0.646. The lowest BCUT2D eigenvalue weighted by Crippen LogP contribution is -2.18. The van der Waals surface area contributed by atoms with Gasteiger partial charge in [-0.1, -0.05) is 23.5 Å². The average Bonchev–Trinajstić information content (AvgIpc) is 2.97. The van der Waals surface area contributed by atoms with Crippen LogP contribution in [-0.4, -0.2) is 30.4 Å². The minimum Gasteiger partial charge on any atom is -0.487 e. The molecule has 0 aliphatic heterocycles. The summed E-state index contributed by atoms with van der Waals surface area (Å²) in [5.74, 6) is -0.646. The van der Waals surface area contributed by atoms with Crippen LogP contribution in [0, 0.1) is 10.1 Å². The minimum absolute atomic E-state index is 0.0447. The number of amides is 1. The molecule has 1 aromatic heterocycles. The van der Waals surface area contributed by atoms with Gasteiger partial charge >= 0.3 is 0 Å². The van der Waals surface area contributed by atoms with E-state index in [2.05, 4.69) is 10.5 Å². The normalized spacial score (nSPS) is 10.7. The van der Waals surface area contributed by atoms with Crippen molar-refractivity contribution in [1.82, 2.24) is 5.43 Å². The van der Waals surface area contributed by atoms with Gasteiger partial charge in [0, 0.05) is 11.6 Å². The topological polar surface area (TPSA) is 93.8 Å². The van der Waals surface area contributed by atoms with Crippen molar-refractivity contribution in [2.45, 2.75) is 4.21 Å². The second-order valence-corrected chi connectivity index (χ2v) is 6.31. The van der Waals surface area contributed by atoms with Crippen LogP contribution in [0.1, 0.15) is 15.9 Å². The highest BCUT2D eigenvalue weighted by atomic mass is 32.2. The number of carbonyl (C=O) groups is 1. The summed E-state index contributed by atoms with van der Waals surface area (Å²) in [5.41, 5.74) is 2.71. The fourth-order valence-corrected chi connectivity index (χ4v) is 3.25. The maximum Gasteiger partial charge on any atom is 0.282 e. The fourth-order valence-electron chi connectivity index (χ4n) is 1.76. The van der Waals surface area contributed by atoms with Crippen molar-refractivity contribution in [3.8, 4) is 5.06 Å². The van der Waals surface area contributed by atoms with Gasteiger partial charge in [-0.05, 0) is 18.4 Å². The first-order valence-corrected chi connectivity index (χ1v) is 8.39. The number of para-hydroxylation sites is 1. The molecule has 0 spiro atoms. The zero-order valence-corrected chi connectivity index (χ0v) is 13.9. The Kier molecular flexibility index (Phi) is 5.72. The molecule has 0 aliphatic carbocycles. The molecule has 0 bridgehead atoms. The summed E-state index contributed by atoms with van der Waals surface area (Å²) >= 11 is 3.04. The lowest BCUT2D eigenvalue weighted by molar-refractivity contribution is -0.385. The van der Waals surface area contributed by atoms with E-state index in [1.54, 1.807) is 24.9 Å². The molecule has 0 unspecified atom stereocenters. The Bertz CT molecular complexity index is 758. The van der Waals surface area contributed by atoms with Gasteiger partial charge in [0.15, 0.2) is 5.06 Å². The van der Waals surface area contributed by atoms with E-state index in [0.29, 0.717) is 5.06 Å². The highest BCUT2D eigenvalue weighted by Crippen LogP contribution is 2.34. The highest BCUT2D eigenvalue weighted by molar-refractivity contribution is 8.00. The molecule has 0 aliphatic rings. The van der Waals surface area contributed by atoms with Crippen LogP contribution in [0.15, 0.2) is 39.6 Å². The standard InChI is InChI=1S/C14H13N3O4S2/c1-21-14-9(7-12(22-2)23-14)8-15-16-13(18)10-5-3-4-6-11(10)17(19)20/h3-8H,1-2H3,(H,16,18)/b15-8-. The zero-order chi connectivity index (χ0) is 16.8. The van der Waals surface area contributed by atoms with Gasteiger partial charge in [-0.15, -0.1) is 11.8 Å². The Morgan fingerprint density at radius 2 is 2.22 bits per heavy atom. The number of thiophene rings is 1. The van der Waals surface area contributed by atoms with Crippen molar-refractivity contribution in [1.29, 1.82) is 0 Å². The van der Waals surface area contributed by atoms with Gasteiger partial charge in [0.1, 0.15) is 5.56 Å². The Morgan fingerprint density at radius 3 is 2.87 bits per heavy atom. The van der Waals surface area contributed by atoms with Gasteiger partial charge in [0.25, 0.3) is 11.6 Å². The summed E-state index contributed by atoms with van der Waals surface area (Å²) < 4.78 is 6.28. The average molecular weight is 351 g/mol. The van der Waals surface area contributed by atoms with E-state index in [1.807, 2.05) is 12.3 Å². The summed E-state index contributed by atoms with van der Waals surface area (Å²) in [6.45, 7) is 0. The molecular weight excluding hydrogens is 338 g/mol. The van der Waals surface area contributed by atoms with Crippen LogP contribution < -0.4 is 10.2 Å². The van der Waals surface area contributed by atoms with Crippen molar-refractivity contribution in [3.63, 3.8) is 0 Å². The van der Waals surface area contributed by atoms with Gasteiger partial charge < -0.3 is 4.74 Å². The molecule has 23 heavy (non-hydrogen) atoms. The molecule has 2 rings (SSSR count). The largest absolute Gasteiger partial charge is 0.487 e. The second kappa shape index (κ2) is 7.75. The molecule has 0 saturated carbocycles. The van der Waals surface area contributed by atoms with Crippen molar-refractivity contribution in [2.75, 3.05) is 13.4 Å². The van der Waals surface area contributed by atoms with E-state index < -0.39 is 10.8 Å². The molecule has 1 amide bonds.